The number of piperazine rings is 1. The number of nitrogens with zero attached hydrogens (tertiary/aromatic N) is 5. The van der Waals surface area contributed by atoms with Gasteiger partial charge >= 0.3 is 6.18 Å². The third kappa shape index (κ3) is 8.18. The van der Waals surface area contributed by atoms with Crippen LogP contribution in [0.4, 0.5) is 18.9 Å². The first kappa shape index (κ1) is 26.9. The van der Waals surface area contributed by atoms with Crippen LogP contribution in [0.3, 0.4) is 0 Å². The van der Waals surface area contributed by atoms with Crippen molar-refractivity contribution in [3.05, 3.63) is 41.7 Å². The van der Waals surface area contributed by atoms with Crippen LogP contribution in [0.2, 0.25) is 0 Å². The lowest BCUT2D eigenvalue weighted by molar-refractivity contribution is -0.145. The van der Waals surface area contributed by atoms with Crippen LogP contribution in [0.25, 0.3) is 0 Å². The Hall–Kier alpha value is -2.70. The van der Waals surface area contributed by atoms with Crippen LogP contribution in [0.5, 0.6) is 0 Å². The van der Waals surface area contributed by atoms with E-state index < -0.39 is 18.0 Å². The number of hydrogen-bond acceptors (Lipinski definition) is 7. The second-order valence-electron chi connectivity index (χ2n) is 8.15. The Morgan fingerprint density at radius 2 is 1.86 bits per heavy atom. The molecule has 12 heteroatoms. The van der Waals surface area contributed by atoms with Crippen LogP contribution in [0.1, 0.15) is 36.3 Å². The van der Waals surface area contributed by atoms with Gasteiger partial charge in [-0.05, 0) is 45.0 Å². The highest BCUT2D eigenvalue weighted by Crippen LogP contribution is 2.31. The van der Waals surface area contributed by atoms with Gasteiger partial charge in [0.2, 0.25) is 0 Å². The number of carbonyl (C=O) groups is 1. The molecule has 0 unspecified atom stereocenters. The fourth-order valence-corrected chi connectivity index (χ4v) is 3.87. The zero-order valence-corrected chi connectivity index (χ0v) is 20.1. The lowest BCUT2D eigenvalue weighted by Crippen LogP contribution is -2.47. The van der Waals surface area contributed by atoms with Gasteiger partial charge in [0.05, 0.1) is 18.3 Å². The molecule has 1 aliphatic heterocycles. The minimum absolute atomic E-state index is 0.228. The second-order valence-corrected chi connectivity index (χ2v) is 8.15. The van der Waals surface area contributed by atoms with Crippen molar-refractivity contribution in [3.63, 3.8) is 0 Å². The number of benzene rings is 1. The minimum atomic E-state index is -4.34. The molecular weight excluding hydrogens is 465 g/mol. The summed E-state index contributed by atoms with van der Waals surface area (Å²) in [5.74, 6) is -0.296. The maximum atomic E-state index is 13.0. The monoisotopic (exact) mass is 498 g/mol. The van der Waals surface area contributed by atoms with Crippen molar-refractivity contribution in [2.75, 3.05) is 57.4 Å². The smallest absolute Gasteiger partial charge is 0.369 e. The Morgan fingerprint density at radius 1 is 1.14 bits per heavy atom. The molecule has 2 aromatic rings. The first-order valence-corrected chi connectivity index (χ1v) is 11.9. The number of aromatic nitrogens is 3. The number of rotatable bonds is 12. The van der Waals surface area contributed by atoms with Gasteiger partial charge in [-0.2, -0.15) is 13.2 Å². The molecule has 194 valence electrons. The molecule has 35 heavy (non-hydrogen) atoms. The van der Waals surface area contributed by atoms with Crippen LogP contribution in [0.15, 0.2) is 30.5 Å². The van der Waals surface area contributed by atoms with E-state index in [0.29, 0.717) is 45.1 Å². The van der Waals surface area contributed by atoms with Gasteiger partial charge in [0.25, 0.3) is 5.91 Å². The Bertz CT molecular complexity index is 925. The summed E-state index contributed by atoms with van der Waals surface area (Å²) < 4.78 is 51.4. The first-order chi connectivity index (χ1) is 16.8. The summed E-state index contributed by atoms with van der Waals surface area (Å²) in [6.07, 6.45) is -2.48. The summed E-state index contributed by atoms with van der Waals surface area (Å²) in [6.45, 7) is 9.19. The normalized spacial score (nSPS) is 15.1. The van der Waals surface area contributed by atoms with E-state index in [4.69, 9.17) is 9.47 Å². The van der Waals surface area contributed by atoms with Crippen molar-refractivity contribution < 1.29 is 27.4 Å². The van der Waals surface area contributed by atoms with Crippen molar-refractivity contribution in [2.24, 2.45) is 0 Å². The molecule has 0 spiro atoms. The third-order valence-corrected chi connectivity index (χ3v) is 5.66. The minimum Gasteiger partial charge on any atom is -0.369 e. The summed E-state index contributed by atoms with van der Waals surface area (Å²) in [5, 5.41) is 10.7. The van der Waals surface area contributed by atoms with E-state index in [2.05, 4.69) is 20.5 Å². The van der Waals surface area contributed by atoms with Crippen molar-refractivity contribution in [1.82, 2.24) is 25.2 Å². The zero-order valence-electron chi connectivity index (χ0n) is 20.1. The highest BCUT2D eigenvalue weighted by molar-refractivity contribution is 5.91. The van der Waals surface area contributed by atoms with Crippen LogP contribution in [0, 0.1) is 0 Å². The van der Waals surface area contributed by atoms with E-state index in [0.717, 1.165) is 32.1 Å². The summed E-state index contributed by atoms with van der Waals surface area (Å²) in [4.78, 5) is 16.6. The van der Waals surface area contributed by atoms with Crippen LogP contribution < -0.4 is 10.2 Å². The maximum absolute atomic E-state index is 13.0. The van der Waals surface area contributed by atoms with E-state index in [9.17, 15) is 18.0 Å². The molecule has 1 aromatic heterocycles. The van der Waals surface area contributed by atoms with Gasteiger partial charge in [-0.25, -0.2) is 4.68 Å². The Labute approximate surface area is 203 Å². The topological polar surface area (TPSA) is 84.8 Å². The molecule has 0 saturated carbocycles. The predicted octanol–water partition coefficient (Wildman–Crippen LogP) is 2.64. The van der Waals surface area contributed by atoms with Crippen molar-refractivity contribution >= 4 is 11.6 Å². The highest BCUT2D eigenvalue weighted by Gasteiger charge is 2.31. The van der Waals surface area contributed by atoms with Gasteiger partial charge in [0, 0.05) is 51.6 Å². The van der Waals surface area contributed by atoms with Crippen LogP contribution in [-0.2, 0) is 22.2 Å². The standard InChI is InChI=1S/C23H33F3N6O3/c1-3-34-21(35-4-2)17-32-16-20(28-29-32)22(33)27-9-6-10-30-11-13-31(14-12-30)19-8-5-7-18(15-19)23(24,25)26/h5,7-8,15-16,21H,3-4,6,9-14,17H2,1-2H3,(H,27,33). The molecule has 0 bridgehead atoms. The fourth-order valence-electron chi connectivity index (χ4n) is 3.87. The fraction of sp³-hybridized carbons (Fsp3) is 0.609. The van der Waals surface area contributed by atoms with Crippen molar-refractivity contribution in [2.45, 2.75) is 39.3 Å². The Morgan fingerprint density at radius 3 is 2.51 bits per heavy atom. The van der Waals surface area contributed by atoms with Crippen LogP contribution in [-0.4, -0.2) is 84.6 Å². The summed E-state index contributed by atoms with van der Waals surface area (Å²) >= 11 is 0. The second kappa shape index (κ2) is 12.8. The number of hydrogen-bond donors (Lipinski definition) is 1. The van der Waals surface area contributed by atoms with Gasteiger partial charge in [0.15, 0.2) is 12.0 Å². The van der Waals surface area contributed by atoms with E-state index >= 15 is 0 Å². The highest BCUT2D eigenvalue weighted by atomic mass is 19.4. The molecule has 1 saturated heterocycles. The zero-order chi connectivity index (χ0) is 25.3. The SMILES string of the molecule is CCOC(Cn1cc(C(=O)NCCCN2CCN(c3cccc(C(F)(F)F)c3)CC2)nn1)OCC. The molecular formula is C23H33F3N6O3. The van der Waals surface area contributed by atoms with Gasteiger partial charge in [0.1, 0.15) is 0 Å². The molecule has 0 atom stereocenters. The molecule has 1 aliphatic rings. The number of carbonyl (C=O) groups excluding carboxylic acids is 1. The first-order valence-electron chi connectivity index (χ1n) is 11.9. The summed E-state index contributed by atoms with van der Waals surface area (Å²) in [5.41, 5.74) is 0.191. The lowest BCUT2D eigenvalue weighted by atomic mass is 10.1. The van der Waals surface area contributed by atoms with E-state index in [1.165, 1.54) is 16.8 Å². The van der Waals surface area contributed by atoms with Crippen molar-refractivity contribution in [1.29, 1.82) is 0 Å². The largest absolute Gasteiger partial charge is 0.416 e. The predicted molar refractivity (Wildman–Crippen MR) is 124 cm³/mol. The summed E-state index contributed by atoms with van der Waals surface area (Å²) in [7, 11) is 0. The molecule has 0 aliphatic carbocycles. The number of amides is 1. The number of anilines is 1. The van der Waals surface area contributed by atoms with Gasteiger partial charge in [-0.15, -0.1) is 5.10 Å². The van der Waals surface area contributed by atoms with E-state index in [1.54, 1.807) is 12.3 Å². The van der Waals surface area contributed by atoms with Crippen LogP contribution >= 0.6 is 0 Å². The molecule has 1 aromatic carbocycles. The molecule has 3 rings (SSSR count). The van der Waals surface area contributed by atoms with Gasteiger partial charge in [-0.3, -0.25) is 9.69 Å². The molecule has 2 heterocycles. The Kier molecular flexibility index (Phi) is 9.87. The van der Waals surface area contributed by atoms with Gasteiger partial charge < -0.3 is 19.7 Å². The van der Waals surface area contributed by atoms with E-state index in [1.807, 2.05) is 18.7 Å². The molecule has 1 amide bonds. The average Bonchev–Trinajstić information content (AvgIpc) is 3.31. The van der Waals surface area contributed by atoms with Crippen molar-refractivity contribution in [3.8, 4) is 0 Å². The maximum Gasteiger partial charge on any atom is 0.416 e. The molecule has 1 N–H and O–H groups in total. The molecule has 0 radical (unpaired) electrons. The third-order valence-electron chi connectivity index (χ3n) is 5.66. The van der Waals surface area contributed by atoms with Gasteiger partial charge in [-0.1, -0.05) is 11.3 Å². The number of nitrogens with one attached hydrogen (secondary N) is 1. The summed E-state index contributed by atoms with van der Waals surface area (Å²) in [6, 6.07) is 5.45. The number of halogens is 3. The molecule has 1 fully saturated rings. The lowest BCUT2D eigenvalue weighted by Gasteiger charge is -2.36. The quantitative estimate of drug-likeness (QED) is 0.356. The Balaban J connectivity index is 1.36. The number of ether oxygens (including phenoxy) is 2. The van der Waals surface area contributed by atoms with E-state index in [-0.39, 0.29) is 11.6 Å². The molecule has 9 nitrogen and oxygen atoms in total. The number of alkyl halides is 3. The average molecular weight is 499 g/mol.